The lowest BCUT2D eigenvalue weighted by Gasteiger charge is -2.12. The van der Waals surface area contributed by atoms with Crippen molar-refractivity contribution in [2.75, 3.05) is 18.9 Å². The van der Waals surface area contributed by atoms with Crippen LogP contribution in [0.1, 0.15) is 17.5 Å². The number of hydrogen-bond acceptors (Lipinski definition) is 4. The Morgan fingerprint density at radius 2 is 1.44 bits per heavy atom. The van der Waals surface area contributed by atoms with Gasteiger partial charge in [-0.05, 0) is 59.0 Å². The van der Waals surface area contributed by atoms with Crippen molar-refractivity contribution in [1.29, 1.82) is 0 Å². The molecule has 0 spiro atoms. The van der Waals surface area contributed by atoms with Crippen molar-refractivity contribution in [3.05, 3.63) is 108 Å². The van der Waals surface area contributed by atoms with Gasteiger partial charge in [0, 0.05) is 18.5 Å². The molecule has 1 N–H and O–H groups in total. The molecule has 0 amide bonds. The molecule has 6 heteroatoms. The van der Waals surface area contributed by atoms with Crippen LogP contribution in [0.25, 0.3) is 11.1 Å². The monoisotopic (exact) mass is 499 g/mol. The van der Waals surface area contributed by atoms with Crippen LogP contribution in [0.2, 0.25) is 0 Å². The zero-order chi connectivity index (χ0) is 25.3. The summed E-state index contributed by atoms with van der Waals surface area (Å²) < 4.78 is 26.8. The molecule has 0 aliphatic heterocycles. The molecule has 0 aliphatic carbocycles. The zero-order valence-corrected chi connectivity index (χ0v) is 21.2. The number of hydrogen-bond donors (Lipinski definition) is 1. The highest BCUT2D eigenvalue weighted by Crippen LogP contribution is 2.28. The lowest BCUT2D eigenvalue weighted by molar-refractivity contribution is -0.118. The van der Waals surface area contributed by atoms with Crippen LogP contribution in [0.15, 0.2) is 102 Å². The lowest BCUT2D eigenvalue weighted by Crippen LogP contribution is -2.07. The molecule has 0 aromatic heterocycles. The first-order chi connectivity index (χ1) is 17.6. The Bertz CT molecular complexity index is 1340. The van der Waals surface area contributed by atoms with Crippen LogP contribution < -0.4 is 14.2 Å². The molecule has 0 radical (unpaired) electrons. The normalized spacial score (nSPS) is 11.5. The van der Waals surface area contributed by atoms with E-state index in [1.165, 1.54) is 0 Å². The average molecular weight is 500 g/mol. The number of benzene rings is 4. The van der Waals surface area contributed by atoms with E-state index in [1.807, 2.05) is 97.1 Å². The molecule has 0 saturated heterocycles. The summed E-state index contributed by atoms with van der Waals surface area (Å²) in [4.78, 5) is 13.3. The molecule has 0 heterocycles. The van der Waals surface area contributed by atoms with Crippen LogP contribution in [0, 0.1) is 0 Å². The molecule has 0 aliphatic rings. The highest BCUT2D eigenvalue weighted by Gasteiger charge is 2.12. The Morgan fingerprint density at radius 3 is 2.17 bits per heavy atom. The van der Waals surface area contributed by atoms with E-state index in [0.717, 1.165) is 32.8 Å². The summed E-state index contributed by atoms with van der Waals surface area (Å²) in [5.41, 5.74) is 4.63. The Labute approximate surface area is 214 Å². The molecular formula is C30H29NO4S. The van der Waals surface area contributed by atoms with Crippen molar-refractivity contribution in [3.63, 3.8) is 0 Å². The standard InChI is InChI=1S/C30H29NO4S/c1-34-28-19-15-23(21-29(28)35-2)14-18-26(32)20-22-12-16-25(17-13-22)31-36(33)30-11-7-6-10-27(30)24-8-4-3-5-9-24/h3-13,15-17,19,21,31H,14,18,20H2,1-2H3. The van der Waals surface area contributed by atoms with Gasteiger partial charge in [-0.1, -0.05) is 66.7 Å². The van der Waals surface area contributed by atoms with Gasteiger partial charge in [-0.2, -0.15) is 0 Å². The van der Waals surface area contributed by atoms with E-state index in [0.29, 0.717) is 30.8 Å². The number of ketones is 1. The fourth-order valence-corrected chi connectivity index (χ4v) is 5.02. The average Bonchev–Trinajstić information content (AvgIpc) is 2.93. The van der Waals surface area contributed by atoms with Gasteiger partial charge in [0.15, 0.2) is 22.5 Å². The summed E-state index contributed by atoms with van der Waals surface area (Å²) in [6.07, 6.45) is 1.43. The largest absolute Gasteiger partial charge is 0.493 e. The zero-order valence-electron chi connectivity index (χ0n) is 20.4. The molecule has 0 saturated carbocycles. The van der Waals surface area contributed by atoms with Crippen molar-refractivity contribution >= 4 is 22.5 Å². The Balaban J connectivity index is 1.34. The smallest absolute Gasteiger partial charge is 0.160 e. The Hall–Kier alpha value is -3.90. The number of ether oxygens (including phenoxy) is 2. The molecular weight excluding hydrogens is 470 g/mol. The molecule has 4 aromatic rings. The second-order valence-electron chi connectivity index (χ2n) is 8.33. The summed E-state index contributed by atoms with van der Waals surface area (Å²) in [5.74, 6) is 1.49. The van der Waals surface area contributed by atoms with Crippen LogP contribution in [0.5, 0.6) is 11.5 Å². The molecule has 184 valence electrons. The number of Topliss-reactive ketones (excluding diaryl/α,β-unsaturated/α-hetero) is 1. The van der Waals surface area contributed by atoms with E-state index in [-0.39, 0.29) is 5.78 Å². The third-order valence-electron chi connectivity index (χ3n) is 5.88. The van der Waals surface area contributed by atoms with Crippen molar-refractivity contribution in [3.8, 4) is 22.6 Å². The predicted molar refractivity (Wildman–Crippen MR) is 145 cm³/mol. The Morgan fingerprint density at radius 1 is 0.778 bits per heavy atom. The van der Waals surface area contributed by atoms with Crippen molar-refractivity contribution in [2.24, 2.45) is 0 Å². The van der Waals surface area contributed by atoms with Crippen LogP contribution >= 0.6 is 0 Å². The summed E-state index contributed by atoms with van der Waals surface area (Å²) in [5, 5.41) is 0. The van der Waals surface area contributed by atoms with Gasteiger partial charge in [0.25, 0.3) is 0 Å². The van der Waals surface area contributed by atoms with E-state index in [9.17, 15) is 9.00 Å². The van der Waals surface area contributed by atoms with Gasteiger partial charge in [-0.15, -0.1) is 0 Å². The Kier molecular flexibility index (Phi) is 8.53. The second-order valence-corrected chi connectivity index (χ2v) is 9.52. The molecule has 0 bridgehead atoms. The maximum absolute atomic E-state index is 13.1. The fraction of sp³-hybridized carbons (Fsp3) is 0.167. The summed E-state index contributed by atoms with van der Waals surface area (Å²) in [7, 11) is 1.77. The second kappa shape index (κ2) is 12.2. The number of methoxy groups -OCH3 is 2. The summed E-state index contributed by atoms with van der Waals surface area (Å²) in [6.45, 7) is 0. The van der Waals surface area contributed by atoms with Gasteiger partial charge >= 0.3 is 0 Å². The summed E-state index contributed by atoms with van der Waals surface area (Å²) in [6, 6.07) is 30.8. The van der Waals surface area contributed by atoms with Gasteiger partial charge in [0.05, 0.1) is 19.1 Å². The lowest BCUT2D eigenvalue weighted by atomic mass is 10.0. The predicted octanol–water partition coefficient (Wildman–Crippen LogP) is 6.25. The SMILES string of the molecule is COc1ccc(CCC(=O)Cc2ccc(NS(=O)c3ccccc3-c3ccccc3)cc2)cc1OC. The number of rotatable bonds is 11. The summed E-state index contributed by atoms with van der Waals surface area (Å²) >= 11 is 0. The van der Waals surface area contributed by atoms with Crippen LogP contribution in [0.4, 0.5) is 5.69 Å². The fourth-order valence-electron chi connectivity index (χ4n) is 3.97. The van der Waals surface area contributed by atoms with Gasteiger partial charge in [-0.25, -0.2) is 4.21 Å². The van der Waals surface area contributed by atoms with Crippen molar-refractivity contribution in [2.45, 2.75) is 24.2 Å². The molecule has 1 unspecified atom stereocenters. The molecule has 5 nitrogen and oxygen atoms in total. The number of aryl methyl sites for hydroxylation is 1. The van der Waals surface area contributed by atoms with Gasteiger partial charge < -0.3 is 14.2 Å². The highest BCUT2D eigenvalue weighted by atomic mass is 32.2. The first kappa shape index (κ1) is 25.2. The third kappa shape index (κ3) is 6.40. The van der Waals surface area contributed by atoms with Crippen LogP contribution in [-0.2, 0) is 28.6 Å². The molecule has 4 rings (SSSR count). The first-order valence-electron chi connectivity index (χ1n) is 11.7. The number of nitrogens with one attached hydrogen (secondary N) is 1. The molecule has 1 atom stereocenters. The van der Waals surface area contributed by atoms with Crippen LogP contribution in [0.3, 0.4) is 0 Å². The minimum Gasteiger partial charge on any atom is -0.493 e. The minimum absolute atomic E-state index is 0.158. The number of carbonyl (C=O) groups is 1. The quantitative estimate of drug-likeness (QED) is 0.265. The van der Waals surface area contributed by atoms with Crippen molar-refractivity contribution in [1.82, 2.24) is 0 Å². The van der Waals surface area contributed by atoms with Gasteiger partial charge in [-0.3, -0.25) is 4.79 Å². The van der Waals surface area contributed by atoms with Gasteiger partial charge in [0.2, 0.25) is 0 Å². The minimum atomic E-state index is -1.43. The van der Waals surface area contributed by atoms with E-state index in [4.69, 9.17) is 9.47 Å². The maximum atomic E-state index is 13.1. The van der Waals surface area contributed by atoms with Crippen LogP contribution in [-0.4, -0.2) is 24.2 Å². The van der Waals surface area contributed by atoms with Crippen molar-refractivity contribution < 1.29 is 18.5 Å². The van der Waals surface area contributed by atoms with Gasteiger partial charge in [0.1, 0.15) is 5.78 Å². The van der Waals surface area contributed by atoms with E-state index in [1.54, 1.807) is 14.2 Å². The number of carbonyl (C=O) groups excluding carboxylic acids is 1. The van der Waals surface area contributed by atoms with E-state index in [2.05, 4.69) is 4.72 Å². The highest BCUT2D eigenvalue weighted by molar-refractivity contribution is 7.86. The maximum Gasteiger partial charge on any atom is 0.160 e. The molecule has 36 heavy (non-hydrogen) atoms. The molecule has 0 fully saturated rings. The first-order valence-corrected chi connectivity index (χ1v) is 12.9. The third-order valence-corrected chi connectivity index (χ3v) is 7.05. The van der Waals surface area contributed by atoms with E-state index >= 15 is 0 Å². The number of anilines is 1. The molecule has 4 aromatic carbocycles. The van der Waals surface area contributed by atoms with E-state index < -0.39 is 11.0 Å². The topological polar surface area (TPSA) is 64.6 Å².